The molecule has 1 aliphatic heterocycles. The number of carbonyl (C=O) groups excluding carboxylic acids is 1. The lowest BCUT2D eigenvalue weighted by molar-refractivity contribution is -0.131. The third-order valence-electron chi connectivity index (χ3n) is 5.08. The van der Waals surface area contributed by atoms with Gasteiger partial charge in [-0.25, -0.2) is 0 Å². The fourth-order valence-corrected chi connectivity index (χ4v) is 4.87. The van der Waals surface area contributed by atoms with Crippen LogP contribution < -0.4 is 0 Å². The minimum atomic E-state index is 0.374. The van der Waals surface area contributed by atoms with Crippen LogP contribution in [-0.4, -0.2) is 48.1 Å². The van der Waals surface area contributed by atoms with E-state index in [-0.39, 0.29) is 0 Å². The molecule has 0 radical (unpaired) electrons. The molecule has 1 saturated carbocycles. The first-order valence-electron chi connectivity index (χ1n) is 8.65. The Morgan fingerprint density at radius 3 is 2.57 bits per heavy atom. The predicted octanol–water partition coefficient (Wildman–Crippen LogP) is 3.72. The van der Waals surface area contributed by atoms with E-state index in [0.717, 1.165) is 31.8 Å². The molecule has 0 bridgehead atoms. The summed E-state index contributed by atoms with van der Waals surface area (Å²) in [7, 11) is 1.81. The van der Waals surface area contributed by atoms with E-state index in [1.54, 1.807) is 0 Å². The van der Waals surface area contributed by atoms with Gasteiger partial charge in [0.1, 0.15) is 0 Å². The molecule has 1 atom stereocenters. The van der Waals surface area contributed by atoms with Crippen molar-refractivity contribution in [2.45, 2.75) is 69.6 Å². The van der Waals surface area contributed by atoms with Crippen molar-refractivity contribution in [1.82, 2.24) is 4.90 Å². The molecule has 0 aromatic carbocycles. The topological polar surface area (TPSA) is 29.5 Å². The lowest BCUT2D eigenvalue weighted by Crippen LogP contribution is -2.36. The van der Waals surface area contributed by atoms with Gasteiger partial charge in [0, 0.05) is 31.9 Å². The first kappa shape index (κ1) is 17.1. The van der Waals surface area contributed by atoms with Gasteiger partial charge in [-0.1, -0.05) is 0 Å². The summed E-state index contributed by atoms with van der Waals surface area (Å²) in [5.74, 6) is 2.39. The van der Waals surface area contributed by atoms with Crippen LogP contribution in [0.5, 0.6) is 0 Å². The lowest BCUT2D eigenvalue weighted by atomic mass is 9.84. The van der Waals surface area contributed by atoms with Gasteiger partial charge in [-0.3, -0.25) is 4.79 Å². The second kappa shape index (κ2) is 9.04. The van der Waals surface area contributed by atoms with Crippen molar-refractivity contribution in [1.29, 1.82) is 0 Å². The van der Waals surface area contributed by atoms with Crippen LogP contribution in [0.1, 0.15) is 58.3 Å². The van der Waals surface area contributed by atoms with Gasteiger partial charge in [-0.05, 0) is 63.5 Å². The van der Waals surface area contributed by atoms with E-state index in [2.05, 4.69) is 11.8 Å². The minimum Gasteiger partial charge on any atom is -0.381 e. The molecule has 1 amide bonds. The molecule has 0 aromatic heterocycles. The average molecular weight is 314 g/mol. The molecule has 122 valence electrons. The molecule has 0 spiro atoms. The third-order valence-corrected chi connectivity index (χ3v) is 6.46. The van der Waals surface area contributed by atoms with E-state index < -0.39 is 0 Å². The Bertz CT molecular complexity index is 310. The highest BCUT2D eigenvalue weighted by Crippen LogP contribution is 2.30. The van der Waals surface area contributed by atoms with Crippen LogP contribution in [0.4, 0.5) is 0 Å². The molecule has 2 rings (SSSR count). The van der Waals surface area contributed by atoms with Crippen LogP contribution in [0, 0.1) is 5.92 Å². The molecule has 21 heavy (non-hydrogen) atoms. The normalized spacial score (nSPS) is 29.5. The zero-order valence-corrected chi connectivity index (χ0v) is 14.5. The molecule has 1 aliphatic carbocycles. The standard InChI is InChI=1S/C17H31NO2S/c1-3-18(13-16-5-4-12-21-16)17(19)11-8-14-6-9-15(20-2)10-7-14/h14-16H,3-13H2,1-2H3. The predicted molar refractivity (Wildman–Crippen MR) is 89.7 cm³/mol. The van der Waals surface area contributed by atoms with Crippen molar-refractivity contribution < 1.29 is 9.53 Å². The van der Waals surface area contributed by atoms with E-state index in [1.807, 2.05) is 18.9 Å². The van der Waals surface area contributed by atoms with E-state index in [0.29, 0.717) is 17.3 Å². The van der Waals surface area contributed by atoms with E-state index in [1.165, 1.54) is 44.3 Å². The zero-order valence-electron chi connectivity index (χ0n) is 13.7. The van der Waals surface area contributed by atoms with Gasteiger partial charge in [0.05, 0.1) is 6.10 Å². The molecule has 2 aliphatic rings. The summed E-state index contributed by atoms with van der Waals surface area (Å²) in [6, 6.07) is 0. The van der Waals surface area contributed by atoms with Crippen molar-refractivity contribution in [3.05, 3.63) is 0 Å². The maximum Gasteiger partial charge on any atom is 0.222 e. The van der Waals surface area contributed by atoms with E-state index in [9.17, 15) is 4.79 Å². The molecule has 0 aromatic rings. The average Bonchev–Trinajstić information content (AvgIpc) is 3.03. The molecule has 1 saturated heterocycles. The van der Waals surface area contributed by atoms with E-state index >= 15 is 0 Å². The summed E-state index contributed by atoms with van der Waals surface area (Å²) in [5, 5.41) is 0.686. The van der Waals surface area contributed by atoms with Crippen molar-refractivity contribution in [3.8, 4) is 0 Å². The van der Waals surface area contributed by atoms with Crippen LogP contribution in [0.25, 0.3) is 0 Å². The van der Waals surface area contributed by atoms with Crippen molar-refractivity contribution in [2.24, 2.45) is 5.92 Å². The lowest BCUT2D eigenvalue weighted by Gasteiger charge is -2.29. The number of hydrogen-bond donors (Lipinski definition) is 0. The zero-order chi connectivity index (χ0) is 15.1. The van der Waals surface area contributed by atoms with Gasteiger partial charge in [0.2, 0.25) is 5.91 Å². The van der Waals surface area contributed by atoms with E-state index in [4.69, 9.17) is 4.74 Å². The second-order valence-corrected chi connectivity index (χ2v) is 7.89. The number of rotatable bonds is 7. The van der Waals surface area contributed by atoms with Gasteiger partial charge < -0.3 is 9.64 Å². The highest BCUT2D eigenvalue weighted by molar-refractivity contribution is 8.00. The first-order chi connectivity index (χ1) is 10.2. The Labute approximate surface area is 134 Å². The third kappa shape index (κ3) is 5.48. The molecular formula is C17H31NO2S. The molecule has 0 N–H and O–H groups in total. The first-order valence-corrected chi connectivity index (χ1v) is 9.70. The van der Waals surface area contributed by atoms with Gasteiger partial charge in [0.25, 0.3) is 0 Å². The van der Waals surface area contributed by atoms with Crippen molar-refractivity contribution in [2.75, 3.05) is 26.0 Å². The number of thioether (sulfide) groups is 1. The second-order valence-electron chi connectivity index (χ2n) is 6.48. The summed E-state index contributed by atoms with van der Waals surface area (Å²) in [6.45, 7) is 3.95. The smallest absolute Gasteiger partial charge is 0.222 e. The number of hydrogen-bond acceptors (Lipinski definition) is 3. The van der Waals surface area contributed by atoms with Crippen LogP contribution in [0.2, 0.25) is 0 Å². The molecule has 1 heterocycles. The van der Waals surface area contributed by atoms with Crippen molar-refractivity contribution >= 4 is 17.7 Å². The quantitative estimate of drug-likeness (QED) is 0.717. The highest BCUT2D eigenvalue weighted by atomic mass is 32.2. The maximum atomic E-state index is 12.4. The Morgan fingerprint density at radius 2 is 2.00 bits per heavy atom. The summed E-state index contributed by atoms with van der Waals surface area (Å²) < 4.78 is 5.42. The van der Waals surface area contributed by atoms with Crippen LogP contribution in [-0.2, 0) is 9.53 Å². The summed E-state index contributed by atoms with van der Waals surface area (Å²) >= 11 is 2.04. The monoisotopic (exact) mass is 313 g/mol. The van der Waals surface area contributed by atoms with Crippen LogP contribution in [0.3, 0.4) is 0 Å². The summed E-state index contributed by atoms with van der Waals surface area (Å²) in [6.07, 6.45) is 9.70. The maximum absolute atomic E-state index is 12.4. The Kier molecular flexibility index (Phi) is 7.38. The Hall–Kier alpha value is -0.220. The Morgan fingerprint density at radius 1 is 1.24 bits per heavy atom. The van der Waals surface area contributed by atoms with Gasteiger partial charge in [-0.15, -0.1) is 0 Å². The molecule has 3 nitrogen and oxygen atoms in total. The fraction of sp³-hybridized carbons (Fsp3) is 0.941. The summed E-state index contributed by atoms with van der Waals surface area (Å²) in [5.41, 5.74) is 0. The largest absolute Gasteiger partial charge is 0.381 e. The number of nitrogens with zero attached hydrogens (tertiary/aromatic N) is 1. The minimum absolute atomic E-state index is 0.374. The highest BCUT2D eigenvalue weighted by Gasteiger charge is 2.24. The molecule has 2 fully saturated rings. The number of carbonyl (C=O) groups is 1. The number of amides is 1. The molecular weight excluding hydrogens is 282 g/mol. The SMILES string of the molecule is CCN(CC1CCCS1)C(=O)CCC1CCC(OC)CC1. The fourth-order valence-electron chi connectivity index (χ4n) is 3.58. The van der Waals surface area contributed by atoms with Gasteiger partial charge in [0.15, 0.2) is 0 Å². The Balaban J connectivity index is 1.67. The molecule has 4 heteroatoms. The van der Waals surface area contributed by atoms with Crippen LogP contribution >= 0.6 is 11.8 Å². The van der Waals surface area contributed by atoms with Crippen molar-refractivity contribution in [3.63, 3.8) is 0 Å². The van der Waals surface area contributed by atoms with Crippen LogP contribution in [0.15, 0.2) is 0 Å². The summed E-state index contributed by atoms with van der Waals surface area (Å²) in [4.78, 5) is 14.5. The number of ether oxygens (including phenoxy) is 1. The van der Waals surface area contributed by atoms with Gasteiger partial charge in [-0.2, -0.15) is 11.8 Å². The van der Waals surface area contributed by atoms with Gasteiger partial charge >= 0.3 is 0 Å². The molecule has 1 unspecified atom stereocenters. The number of methoxy groups -OCH3 is 1.